The average Bonchev–Trinajstić information content (AvgIpc) is 2.76. The van der Waals surface area contributed by atoms with Crippen LogP contribution >= 0.6 is 11.6 Å². The van der Waals surface area contributed by atoms with Crippen LogP contribution in [0, 0.1) is 18.3 Å². The number of rotatable bonds is 4. The van der Waals surface area contributed by atoms with E-state index in [-0.39, 0.29) is 24.3 Å². The lowest BCUT2D eigenvalue weighted by atomic mass is 9.83. The highest BCUT2D eigenvalue weighted by molar-refractivity contribution is 6.32. The maximum atomic E-state index is 12.8. The lowest BCUT2D eigenvalue weighted by Gasteiger charge is -2.48. The summed E-state index contributed by atoms with van der Waals surface area (Å²) in [6, 6.07) is 7.03. The number of amides is 1. The molecular formula is C25H29ClN4O4. The second kappa shape index (κ2) is 9.67. The molecule has 3 heterocycles. The number of piperidine rings is 2. The Labute approximate surface area is 204 Å². The van der Waals surface area contributed by atoms with Crippen LogP contribution < -0.4 is 9.47 Å². The Hall–Kier alpha value is -3.05. The van der Waals surface area contributed by atoms with Crippen molar-refractivity contribution < 1.29 is 19.0 Å². The van der Waals surface area contributed by atoms with Crippen molar-refractivity contribution >= 4 is 17.7 Å². The van der Waals surface area contributed by atoms with Gasteiger partial charge >= 0.3 is 6.09 Å². The Bertz CT molecular complexity index is 1100. The lowest BCUT2D eigenvalue weighted by Crippen LogP contribution is -2.57. The van der Waals surface area contributed by atoms with Gasteiger partial charge in [0, 0.05) is 24.9 Å². The summed E-state index contributed by atoms with van der Waals surface area (Å²) in [5.74, 6) is 1.18. The SMILES string of the molecule is Cc1c(Oc2ccc(C#N)cc2Cl)ncnc1OC1CC2CCCC(C1)N2C(=O)OC(C)(C)C. The van der Waals surface area contributed by atoms with Gasteiger partial charge in [-0.3, -0.25) is 0 Å². The lowest BCUT2D eigenvalue weighted by molar-refractivity contribution is -0.0413. The minimum atomic E-state index is -0.523. The van der Waals surface area contributed by atoms with E-state index < -0.39 is 5.60 Å². The molecule has 1 amide bonds. The molecule has 2 unspecified atom stereocenters. The number of carbonyl (C=O) groups excluding carboxylic acids is 1. The molecule has 0 spiro atoms. The van der Waals surface area contributed by atoms with Crippen molar-refractivity contribution in [3.63, 3.8) is 0 Å². The highest BCUT2D eigenvalue weighted by atomic mass is 35.5. The van der Waals surface area contributed by atoms with Gasteiger partial charge < -0.3 is 19.1 Å². The van der Waals surface area contributed by atoms with Gasteiger partial charge in [-0.05, 0) is 65.2 Å². The summed E-state index contributed by atoms with van der Waals surface area (Å²) in [5, 5.41) is 9.34. The van der Waals surface area contributed by atoms with Gasteiger partial charge in [0.05, 0.1) is 22.2 Å². The highest BCUT2D eigenvalue weighted by Gasteiger charge is 2.43. The standard InChI is InChI=1S/C25H29ClN4O4/c1-15-22(28-14-29-23(15)33-21-9-8-16(13-27)10-20(21)26)32-19-11-17-6-5-7-18(12-19)30(17)24(31)34-25(2,3)4/h8-10,14,17-19H,5-7,11-12H2,1-4H3. The summed E-state index contributed by atoms with van der Waals surface area (Å²) in [6.07, 6.45) is 5.48. The molecule has 180 valence electrons. The molecule has 2 aliphatic rings. The van der Waals surface area contributed by atoms with E-state index in [2.05, 4.69) is 9.97 Å². The number of halogens is 1. The van der Waals surface area contributed by atoms with Crippen LogP contribution in [0.25, 0.3) is 0 Å². The number of nitriles is 1. The molecule has 34 heavy (non-hydrogen) atoms. The van der Waals surface area contributed by atoms with Crippen molar-refractivity contribution in [2.45, 2.75) is 83.6 Å². The molecule has 2 atom stereocenters. The van der Waals surface area contributed by atoms with Crippen LogP contribution in [0.2, 0.25) is 5.02 Å². The molecule has 0 saturated carbocycles. The molecule has 0 aliphatic carbocycles. The summed E-state index contributed by atoms with van der Waals surface area (Å²) in [6.45, 7) is 7.50. The Balaban J connectivity index is 1.47. The second-order valence-electron chi connectivity index (χ2n) is 9.81. The van der Waals surface area contributed by atoms with E-state index in [9.17, 15) is 4.79 Å². The van der Waals surface area contributed by atoms with Gasteiger partial charge in [-0.25, -0.2) is 14.8 Å². The van der Waals surface area contributed by atoms with E-state index in [1.54, 1.807) is 18.2 Å². The molecule has 2 aromatic rings. The molecule has 2 aliphatic heterocycles. The number of aromatic nitrogens is 2. The van der Waals surface area contributed by atoms with E-state index in [1.807, 2.05) is 38.7 Å². The summed E-state index contributed by atoms with van der Waals surface area (Å²) in [5.41, 5.74) is 0.581. The zero-order valence-corrected chi connectivity index (χ0v) is 20.6. The normalized spacial score (nSPS) is 22.0. The summed E-state index contributed by atoms with van der Waals surface area (Å²) in [4.78, 5) is 23.3. The topological polar surface area (TPSA) is 97.6 Å². The maximum absolute atomic E-state index is 12.8. The third-order valence-corrected chi connectivity index (χ3v) is 6.37. The molecule has 4 rings (SSSR count). The van der Waals surface area contributed by atoms with Crippen LogP contribution in [0.1, 0.15) is 64.0 Å². The molecule has 0 N–H and O–H groups in total. The summed E-state index contributed by atoms with van der Waals surface area (Å²) >= 11 is 6.25. The zero-order chi connectivity index (χ0) is 24.5. The van der Waals surface area contributed by atoms with Gasteiger partial charge in [0.15, 0.2) is 0 Å². The predicted molar refractivity (Wildman–Crippen MR) is 126 cm³/mol. The van der Waals surface area contributed by atoms with Crippen molar-refractivity contribution in [2.75, 3.05) is 0 Å². The second-order valence-corrected chi connectivity index (χ2v) is 10.2. The largest absolute Gasteiger partial charge is 0.474 e. The quantitative estimate of drug-likeness (QED) is 0.540. The predicted octanol–water partition coefficient (Wildman–Crippen LogP) is 5.80. The minimum Gasteiger partial charge on any atom is -0.474 e. The van der Waals surface area contributed by atoms with Gasteiger partial charge in [0.2, 0.25) is 11.8 Å². The van der Waals surface area contributed by atoms with Gasteiger partial charge in [0.25, 0.3) is 0 Å². The average molecular weight is 485 g/mol. The van der Waals surface area contributed by atoms with Crippen molar-refractivity contribution in [1.29, 1.82) is 5.26 Å². The Kier molecular flexibility index (Phi) is 6.85. The first-order valence-corrected chi connectivity index (χ1v) is 11.9. The van der Waals surface area contributed by atoms with Crippen LogP contribution in [0.5, 0.6) is 17.5 Å². The molecule has 1 aromatic carbocycles. The number of hydrogen-bond acceptors (Lipinski definition) is 7. The van der Waals surface area contributed by atoms with Gasteiger partial charge in [0.1, 0.15) is 23.8 Å². The molecule has 8 nitrogen and oxygen atoms in total. The van der Waals surface area contributed by atoms with Gasteiger partial charge in [-0.1, -0.05) is 11.6 Å². The molecule has 2 saturated heterocycles. The Morgan fingerprint density at radius 1 is 1.18 bits per heavy atom. The van der Waals surface area contributed by atoms with E-state index in [4.69, 9.17) is 31.1 Å². The first kappa shape index (κ1) is 24.1. The van der Waals surface area contributed by atoms with Crippen LogP contribution in [-0.2, 0) is 4.74 Å². The van der Waals surface area contributed by atoms with Crippen molar-refractivity contribution in [1.82, 2.24) is 14.9 Å². The highest BCUT2D eigenvalue weighted by Crippen LogP contribution is 2.38. The number of nitrogens with zero attached hydrogens (tertiary/aromatic N) is 4. The van der Waals surface area contributed by atoms with Gasteiger partial charge in [-0.15, -0.1) is 0 Å². The number of carbonyl (C=O) groups is 1. The van der Waals surface area contributed by atoms with E-state index in [0.29, 0.717) is 33.7 Å². The Morgan fingerprint density at radius 2 is 1.85 bits per heavy atom. The fourth-order valence-electron chi connectivity index (χ4n) is 4.60. The van der Waals surface area contributed by atoms with Crippen molar-refractivity contribution in [3.05, 3.63) is 40.7 Å². The van der Waals surface area contributed by atoms with E-state index in [0.717, 1.165) is 32.1 Å². The van der Waals surface area contributed by atoms with Crippen LogP contribution in [0.15, 0.2) is 24.5 Å². The van der Waals surface area contributed by atoms with Gasteiger partial charge in [-0.2, -0.15) is 5.26 Å². The third-order valence-electron chi connectivity index (χ3n) is 6.07. The van der Waals surface area contributed by atoms with Crippen molar-refractivity contribution in [3.8, 4) is 23.6 Å². The first-order valence-electron chi connectivity index (χ1n) is 11.5. The number of fused-ring (bicyclic) bond motifs is 2. The molecule has 1 aromatic heterocycles. The molecule has 9 heteroatoms. The summed E-state index contributed by atoms with van der Waals surface area (Å²) < 4.78 is 17.9. The van der Waals surface area contributed by atoms with Crippen LogP contribution in [-0.4, -0.2) is 44.7 Å². The van der Waals surface area contributed by atoms with Crippen molar-refractivity contribution in [2.24, 2.45) is 0 Å². The van der Waals surface area contributed by atoms with E-state index >= 15 is 0 Å². The molecule has 2 fully saturated rings. The fourth-order valence-corrected chi connectivity index (χ4v) is 4.82. The fraction of sp³-hybridized carbons (Fsp3) is 0.520. The molecule has 2 bridgehead atoms. The zero-order valence-electron chi connectivity index (χ0n) is 19.9. The van der Waals surface area contributed by atoms with E-state index in [1.165, 1.54) is 6.33 Å². The maximum Gasteiger partial charge on any atom is 0.410 e. The van der Waals surface area contributed by atoms with Crippen LogP contribution in [0.4, 0.5) is 4.79 Å². The number of benzene rings is 1. The molecule has 0 radical (unpaired) electrons. The number of ether oxygens (including phenoxy) is 3. The minimum absolute atomic E-state index is 0.0751. The smallest absolute Gasteiger partial charge is 0.410 e. The summed E-state index contributed by atoms with van der Waals surface area (Å²) in [7, 11) is 0. The monoisotopic (exact) mass is 484 g/mol. The third kappa shape index (κ3) is 5.36. The number of hydrogen-bond donors (Lipinski definition) is 0. The Morgan fingerprint density at radius 3 is 2.47 bits per heavy atom. The molecular weight excluding hydrogens is 456 g/mol. The first-order chi connectivity index (χ1) is 16.1. The van der Waals surface area contributed by atoms with Crippen LogP contribution in [0.3, 0.4) is 0 Å².